The van der Waals surface area contributed by atoms with Crippen molar-refractivity contribution < 1.29 is 19.1 Å². The van der Waals surface area contributed by atoms with E-state index in [-0.39, 0.29) is 24.9 Å². The van der Waals surface area contributed by atoms with Crippen molar-refractivity contribution in [1.82, 2.24) is 25.2 Å². The molecule has 9 heteroatoms. The second-order valence-corrected chi connectivity index (χ2v) is 6.91. The number of aromatic nitrogens is 3. The molecule has 31 heavy (non-hydrogen) atoms. The number of para-hydroxylation sites is 1. The molecule has 1 N–H and O–H groups in total. The smallest absolute Gasteiger partial charge is 0.247 e. The van der Waals surface area contributed by atoms with Gasteiger partial charge in [-0.3, -0.25) is 9.59 Å². The highest BCUT2D eigenvalue weighted by molar-refractivity contribution is 5.89. The quantitative estimate of drug-likeness (QED) is 0.467. The van der Waals surface area contributed by atoms with Gasteiger partial charge in [0.15, 0.2) is 0 Å². The average molecular weight is 425 g/mol. The van der Waals surface area contributed by atoms with Gasteiger partial charge in [0.2, 0.25) is 11.8 Å². The van der Waals surface area contributed by atoms with Crippen LogP contribution in [-0.2, 0) is 25.6 Å². The van der Waals surface area contributed by atoms with Crippen molar-refractivity contribution in [2.45, 2.75) is 12.6 Å². The van der Waals surface area contributed by atoms with Crippen LogP contribution in [0, 0.1) is 0 Å². The minimum absolute atomic E-state index is 0.0427. The Kier molecular flexibility index (Phi) is 8.08. The van der Waals surface area contributed by atoms with E-state index >= 15 is 0 Å². The van der Waals surface area contributed by atoms with E-state index in [4.69, 9.17) is 9.47 Å². The zero-order chi connectivity index (χ0) is 22.1. The molecule has 1 heterocycles. The minimum atomic E-state index is -0.810. The predicted octanol–water partition coefficient (Wildman–Crippen LogP) is 1.41. The van der Waals surface area contributed by atoms with Crippen LogP contribution in [0.5, 0.6) is 0 Å². The number of hydrogen-bond acceptors (Lipinski definition) is 6. The fourth-order valence-corrected chi connectivity index (χ4v) is 3.32. The molecular weight excluding hydrogens is 398 g/mol. The summed E-state index contributed by atoms with van der Waals surface area (Å²) in [4.78, 5) is 28.0. The Balaban J connectivity index is 1.89. The maximum atomic E-state index is 13.4. The molecule has 0 aliphatic rings. The maximum absolute atomic E-state index is 13.4. The molecule has 0 saturated carbocycles. The molecule has 0 bridgehead atoms. The Hall–Kier alpha value is -3.30. The number of nitrogens with one attached hydrogen (secondary N) is 1. The molecule has 2 amide bonds. The third-order valence-electron chi connectivity index (χ3n) is 4.84. The Labute approximate surface area is 180 Å². The lowest BCUT2D eigenvalue weighted by atomic mass is 10.0. The third-order valence-corrected chi connectivity index (χ3v) is 4.84. The van der Waals surface area contributed by atoms with Crippen LogP contribution in [0.3, 0.4) is 0 Å². The minimum Gasteiger partial charge on any atom is -0.383 e. The average Bonchev–Trinajstić information content (AvgIpc) is 3.20. The standard InChI is InChI=1S/C22H27N5O4/c1-30-14-12-23-22(29)21(17-8-4-3-5-9-17)26(13-15-31-2)20(28)16-27-19-11-7-6-10-18(19)24-25-27/h3-11,21H,12-16H2,1-2H3,(H,23,29)/t21-/m1/s1. The van der Waals surface area contributed by atoms with Crippen LogP contribution in [0.4, 0.5) is 0 Å². The SMILES string of the molecule is COCCNC(=O)[C@@H](c1ccccc1)N(CCOC)C(=O)Cn1nnc2ccccc21. The molecule has 1 atom stereocenters. The van der Waals surface area contributed by atoms with Gasteiger partial charge in [0.05, 0.1) is 18.7 Å². The number of carbonyl (C=O) groups excluding carboxylic acids is 2. The second kappa shape index (κ2) is 11.2. The lowest BCUT2D eigenvalue weighted by Crippen LogP contribution is -2.46. The molecule has 3 aromatic rings. The highest BCUT2D eigenvalue weighted by Crippen LogP contribution is 2.22. The van der Waals surface area contributed by atoms with Crippen molar-refractivity contribution in [2.75, 3.05) is 40.5 Å². The molecule has 9 nitrogen and oxygen atoms in total. The Morgan fingerprint density at radius 1 is 1.03 bits per heavy atom. The van der Waals surface area contributed by atoms with E-state index < -0.39 is 6.04 Å². The van der Waals surface area contributed by atoms with Gasteiger partial charge < -0.3 is 19.7 Å². The molecule has 0 spiro atoms. The number of benzene rings is 2. The van der Waals surface area contributed by atoms with Gasteiger partial charge in [-0.05, 0) is 17.7 Å². The number of nitrogens with zero attached hydrogens (tertiary/aromatic N) is 4. The van der Waals surface area contributed by atoms with Gasteiger partial charge in [-0.2, -0.15) is 0 Å². The van der Waals surface area contributed by atoms with Crippen LogP contribution < -0.4 is 5.32 Å². The van der Waals surface area contributed by atoms with Gasteiger partial charge in [-0.15, -0.1) is 5.10 Å². The van der Waals surface area contributed by atoms with E-state index in [1.165, 1.54) is 4.90 Å². The lowest BCUT2D eigenvalue weighted by Gasteiger charge is -2.31. The second-order valence-electron chi connectivity index (χ2n) is 6.91. The third kappa shape index (κ3) is 5.65. The van der Waals surface area contributed by atoms with Crippen LogP contribution in [0.25, 0.3) is 11.0 Å². The summed E-state index contributed by atoms with van der Waals surface area (Å²) in [5.74, 6) is -0.542. The highest BCUT2D eigenvalue weighted by Gasteiger charge is 2.31. The topological polar surface area (TPSA) is 98.6 Å². The predicted molar refractivity (Wildman–Crippen MR) is 115 cm³/mol. The number of amides is 2. The number of methoxy groups -OCH3 is 2. The summed E-state index contributed by atoms with van der Waals surface area (Å²) in [5.41, 5.74) is 2.17. The Morgan fingerprint density at radius 3 is 2.48 bits per heavy atom. The normalized spacial score (nSPS) is 11.9. The summed E-state index contributed by atoms with van der Waals surface area (Å²) in [5, 5.41) is 11.1. The molecule has 0 fully saturated rings. The van der Waals surface area contributed by atoms with E-state index in [0.29, 0.717) is 30.8 Å². The van der Waals surface area contributed by atoms with Gasteiger partial charge in [-0.1, -0.05) is 47.7 Å². The fraction of sp³-hybridized carbons (Fsp3) is 0.364. The van der Waals surface area contributed by atoms with Gasteiger partial charge >= 0.3 is 0 Å². The summed E-state index contributed by atoms with van der Waals surface area (Å²) in [6.07, 6.45) is 0. The summed E-state index contributed by atoms with van der Waals surface area (Å²) in [6, 6.07) is 15.8. The van der Waals surface area contributed by atoms with Crippen LogP contribution >= 0.6 is 0 Å². The molecule has 0 unspecified atom stereocenters. The van der Waals surface area contributed by atoms with Crippen LogP contribution in [0.1, 0.15) is 11.6 Å². The Morgan fingerprint density at radius 2 is 1.74 bits per heavy atom. The summed E-state index contributed by atoms with van der Waals surface area (Å²) in [7, 11) is 3.13. The molecule has 0 aliphatic carbocycles. The number of hydrogen-bond donors (Lipinski definition) is 1. The van der Waals surface area contributed by atoms with Crippen molar-refractivity contribution in [1.29, 1.82) is 0 Å². The molecular formula is C22H27N5O4. The van der Waals surface area contributed by atoms with E-state index in [9.17, 15) is 9.59 Å². The summed E-state index contributed by atoms with van der Waals surface area (Å²) >= 11 is 0. The monoisotopic (exact) mass is 425 g/mol. The largest absolute Gasteiger partial charge is 0.383 e. The van der Waals surface area contributed by atoms with Gasteiger partial charge in [0, 0.05) is 27.3 Å². The van der Waals surface area contributed by atoms with E-state index in [1.807, 2.05) is 54.6 Å². The fourth-order valence-electron chi connectivity index (χ4n) is 3.32. The molecule has 164 valence electrons. The number of ether oxygens (including phenoxy) is 2. The van der Waals surface area contributed by atoms with Crippen LogP contribution in [0.2, 0.25) is 0 Å². The van der Waals surface area contributed by atoms with Crippen molar-refractivity contribution in [2.24, 2.45) is 0 Å². The summed E-state index contributed by atoms with van der Waals surface area (Å²) < 4.78 is 11.8. The first-order valence-electron chi connectivity index (χ1n) is 10.0. The molecule has 2 aromatic carbocycles. The maximum Gasteiger partial charge on any atom is 0.247 e. The summed E-state index contributed by atoms with van der Waals surface area (Å²) in [6.45, 7) is 1.22. The van der Waals surface area contributed by atoms with Crippen molar-refractivity contribution in [3.63, 3.8) is 0 Å². The van der Waals surface area contributed by atoms with Crippen molar-refractivity contribution >= 4 is 22.8 Å². The van der Waals surface area contributed by atoms with E-state index in [2.05, 4.69) is 15.6 Å². The Bertz CT molecular complexity index is 992. The van der Waals surface area contributed by atoms with Gasteiger partial charge in [0.1, 0.15) is 18.1 Å². The zero-order valence-corrected chi connectivity index (χ0v) is 17.7. The molecule has 0 saturated heterocycles. The first kappa shape index (κ1) is 22.4. The van der Waals surface area contributed by atoms with E-state index in [0.717, 1.165) is 5.52 Å². The van der Waals surface area contributed by atoms with Crippen LogP contribution in [-0.4, -0.2) is 72.2 Å². The highest BCUT2D eigenvalue weighted by atomic mass is 16.5. The zero-order valence-electron chi connectivity index (χ0n) is 17.7. The van der Waals surface area contributed by atoms with Gasteiger partial charge in [0.25, 0.3) is 0 Å². The first-order valence-corrected chi connectivity index (χ1v) is 10.0. The van der Waals surface area contributed by atoms with Crippen LogP contribution in [0.15, 0.2) is 54.6 Å². The lowest BCUT2D eigenvalue weighted by molar-refractivity contribution is -0.142. The van der Waals surface area contributed by atoms with E-state index in [1.54, 1.807) is 18.9 Å². The number of fused-ring (bicyclic) bond motifs is 1. The molecule has 1 aromatic heterocycles. The number of rotatable bonds is 11. The van der Waals surface area contributed by atoms with Crippen molar-refractivity contribution in [3.8, 4) is 0 Å². The molecule has 3 rings (SSSR count). The number of carbonyl (C=O) groups is 2. The first-order chi connectivity index (χ1) is 15.2. The van der Waals surface area contributed by atoms with Crippen molar-refractivity contribution in [3.05, 3.63) is 60.2 Å². The molecule has 0 radical (unpaired) electrons. The van der Waals surface area contributed by atoms with Gasteiger partial charge in [-0.25, -0.2) is 4.68 Å². The molecule has 0 aliphatic heterocycles.